The van der Waals surface area contributed by atoms with E-state index in [1.165, 1.54) is 15.2 Å². The second-order valence-corrected chi connectivity index (χ2v) is 9.29. The van der Waals surface area contributed by atoms with Crippen molar-refractivity contribution in [3.8, 4) is 0 Å². The molecule has 3 heterocycles. The average molecular weight is 398 g/mol. The predicted octanol–water partition coefficient (Wildman–Crippen LogP) is 1.52. The van der Waals surface area contributed by atoms with Crippen LogP contribution >= 0.6 is 11.6 Å². The zero-order chi connectivity index (χ0) is 18.6. The third kappa shape index (κ3) is 2.83. The van der Waals surface area contributed by atoms with Gasteiger partial charge in [-0.3, -0.25) is 4.79 Å². The fraction of sp³-hybridized carbons (Fsp3) is 0.500. The molecule has 1 aliphatic heterocycles. The zero-order valence-corrected chi connectivity index (χ0v) is 15.9. The molecule has 0 unspecified atom stereocenters. The minimum absolute atomic E-state index is 0.143. The summed E-state index contributed by atoms with van der Waals surface area (Å²) in [6.07, 6.45) is 4.07. The molecule has 0 amide bonds. The van der Waals surface area contributed by atoms with Gasteiger partial charge in [0.25, 0.3) is 5.91 Å². The number of rotatable bonds is 2. The number of aromatic nitrogens is 3. The second kappa shape index (κ2) is 6.11. The Balaban J connectivity index is 1.68. The molecule has 2 aromatic heterocycles. The molecule has 3 N–H and O–H groups in total. The molecule has 10 heteroatoms. The van der Waals surface area contributed by atoms with Gasteiger partial charge in [0.15, 0.2) is 0 Å². The summed E-state index contributed by atoms with van der Waals surface area (Å²) in [4.78, 5) is 16.2. The molecule has 1 aliphatic carbocycles. The summed E-state index contributed by atoms with van der Waals surface area (Å²) in [5.74, 6) is -0.233. The Bertz CT molecular complexity index is 994. The normalized spacial score (nSPS) is 20.6. The highest BCUT2D eigenvalue weighted by atomic mass is 35.5. The lowest BCUT2D eigenvalue weighted by Gasteiger charge is -2.23. The van der Waals surface area contributed by atoms with Crippen LogP contribution in [0.5, 0.6) is 0 Å². The average Bonchev–Trinajstić information content (AvgIpc) is 3.12. The van der Waals surface area contributed by atoms with Gasteiger partial charge >= 0.3 is 0 Å². The summed E-state index contributed by atoms with van der Waals surface area (Å²) in [6.45, 7) is 0.488. The molecule has 0 spiro atoms. The van der Waals surface area contributed by atoms with Gasteiger partial charge in [-0.2, -0.15) is 14.1 Å². The van der Waals surface area contributed by atoms with Crippen molar-refractivity contribution in [3.63, 3.8) is 0 Å². The number of sulfonamides is 1. The molecule has 0 saturated carbocycles. The van der Waals surface area contributed by atoms with Gasteiger partial charge in [0.05, 0.1) is 24.4 Å². The SMILES string of the molecule is CS(=O)(=O)N1CCc2c(nn(C(=O)[C@H]3CCCc4[nH]c(Cl)cc43)c2N)C1. The lowest BCUT2D eigenvalue weighted by atomic mass is 9.86. The van der Waals surface area contributed by atoms with Crippen molar-refractivity contribution in [2.45, 2.75) is 38.1 Å². The van der Waals surface area contributed by atoms with Crippen molar-refractivity contribution >= 4 is 33.3 Å². The number of nitrogens with zero attached hydrogens (tertiary/aromatic N) is 3. The second-order valence-electron chi connectivity index (χ2n) is 6.90. The van der Waals surface area contributed by atoms with Gasteiger partial charge in [-0.05, 0) is 37.3 Å². The van der Waals surface area contributed by atoms with E-state index in [1.54, 1.807) is 6.07 Å². The van der Waals surface area contributed by atoms with Crippen LogP contribution in [-0.4, -0.2) is 46.2 Å². The van der Waals surface area contributed by atoms with E-state index in [1.807, 2.05) is 0 Å². The van der Waals surface area contributed by atoms with Gasteiger partial charge < -0.3 is 10.7 Å². The number of aryl methyl sites for hydroxylation is 1. The molecule has 8 nitrogen and oxygen atoms in total. The molecule has 2 aliphatic rings. The first-order chi connectivity index (χ1) is 12.3. The molecule has 2 aromatic rings. The zero-order valence-electron chi connectivity index (χ0n) is 14.3. The van der Waals surface area contributed by atoms with Crippen molar-refractivity contribution in [1.29, 1.82) is 0 Å². The number of nitrogen functional groups attached to an aromatic ring is 1. The largest absolute Gasteiger partial charge is 0.383 e. The van der Waals surface area contributed by atoms with Crippen molar-refractivity contribution in [1.82, 2.24) is 19.1 Å². The number of hydrogen-bond acceptors (Lipinski definition) is 5. The van der Waals surface area contributed by atoms with Crippen LogP contribution in [0.2, 0.25) is 5.15 Å². The van der Waals surface area contributed by atoms with Gasteiger partial charge in [-0.1, -0.05) is 11.6 Å². The quantitative estimate of drug-likeness (QED) is 0.797. The topological polar surface area (TPSA) is 114 Å². The molecule has 1 atom stereocenters. The lowest BCUT2D eigenvalue weighted by Crippen LogP contribution is -2.35. The number of H-pyrrole nitrogens is 1. The molecule has 0 bridgehead atoms. The summed E-state index contributed by atoms with van der Waals surface area (Å²) in [5.41, 5.74) is 9.39. The number of carbonyl (C=O) groups excluding carboxylic acids is 1. The minimum atomic E-state index is -3.31. The van der Waals surface area contributed by atoms with Crippen LogP contribution in [0, 0.1) is 0 Å². The Morgan fingerprint density at radius 1 is 1.42 bits per heavy atom. The van der Waals surface area contributed by atoms with E-state index in [9.17, 15) is 13.2 Å². The van der Waals surface area contributed by atoms with E-state index in [0.717, 1.165) is 29.7 Å². The maximum atomic E-state index is 13.1. The highest BCUT2D eigenvalue weighted by Crippen LogP contribution is 2.35. The number of nitrogens with two attached hydrogens (primary N) is 1. The molecule has 26 heavy (non-hydrogen) atoms. The van der Waals surface area contributed by atoms with E-state index in [4.69, 9.17) is 17.3 Å². The summed E-state index contributed by atoms with van der Waals surface area (Å²) in [6, 6.07) is 1.80. The van der Waals surface area contributed by atoms with Crippen LogP contribution in [0.15, 0.2) is 6.07 Å². The van der Waals surface area contributed by atoms with E-state index in [0.29, 0.717) is 36.1 Å². The highest BCUT2D eigenvalue weighted by molar-refractivity contribution is 7.88. The standard InChI is InChI=1S/C16H20ClN5O3S/c1-26(24,25)21-6-5-10-13(8-21)20-22(15(10)18)16(23)9-3-2-4-12-11(9)7-14(17)19-12/h7,9,19H,2-6,8,18H2,1H3/t9-/m0/s1. The van der Waals surface area contributed by atoms with E-state index in [2.05, 4.69) is 10.1 Å². The molecule has 0 radical (unpaired) electrons. The summed E-state index contributed by atoms with van der Waals surface area (Å²) < 4.78 is 26.2. The van der Waals surface area contributed by atoms with Crippen LogP contribution in [0.25, 0.3) is 0 Å². The fourth-order valence-electron chi connectivity index (χ4n) is 3.88. The lowest BCUT2D eigenvalue weighted by molar-refractivity contribution is 0.0854. The molecule has 0 aromatic carbocycles. The van der Waals surface area contributed by atoms with E-state index in [-0.39, 0.29) is 18.4 Å². The van der Waals surface area contributed by atoms with Gasteiger partial charge in [-0.15, -0.1) is 0 Å². The smallest absolute Gasteiger partial charge is 0.256 e. The molecular formula is C16H20ClN5O3S. The number of aromatic amines is 1. The summed E-state index contributed by atoms with van der Waals surface area (Å²) in [5, 5.41) is 4.88. The van der Waals surface area contributed by atoms with E-state index >= 15 is 0 Å². The Hall–Kier alpha value is -1.84. The number of nitrogens with one attached hydrogen (secondary N) is 1. The summed E-state index contributed by atoms with van der Waals surface area (Å²) in [7, 11) is -3.31. The third-order valence-corrected chi connectivity index (χ3v) is 6.67. The molecule has 4 rings (SSSR count). The Morgan fingerprint density at radius 3 is 2.92 bits per heavy atom. The number of carbonyl (C=O) groups is 1. The first kappa shape index (κ1) is 17.6. The third-order valence-electron chi connectivity index (χ3n) is 5.22. The number of fused-ring (bicyclic) bond motifs is 2. The number of halogens is 1. The van der Waals surface area contributed by atoms with Gasteiger partial charge in [-0.25, -0.2) is 8.42 Å². The minimum Gasteiger partial charge on any atom is -0.383 e. The van der Waals surface area contributed by atoms with Crippen LogP contribution in [0.4, 0.5) is 5.82 Å². The molecule has 0 saturated heterocycles. The Morgan fingerprint density at radius 2 is 2.19 bits per heavy atom. The van der Waals surface area contributed by atoms with Crippen LogP contribution in [0.3, 0.4) is 0 Å². The maximum absolute atomic E-state index is 13.1. The Kier molecular flexibility index (Phi) is 4.13. The van der Waals surface area contributed by atoms with Gasteiger partial charge in [0.2, 0.25) is 10.0 Å². The highest BCUT2D eigenvalue weighted by Gasteiger charge is 2.34. The summed E-state index contributed by atoms with van der Waals surface area (Å²) >= 11 is 6.06. The molecular weight excluding hydrogens is 378 g/mol. The fourth-order valence-corrected chi connectivity index (χ4v) is 4.89. The van der Waals surface area contributed by atoms with Gasteiger partial charge in [0.1, 0.15) is 11.0 Å². The van der Waals surface area contributed by atoms with Crippen LogP contribution < -0.4 is 5.73 Å². The van der Waals surface area contributed by atoms with Crippen molar-refractivity contribution < 1.29 is 13.2 Å². The first-order valence-corrected chi connectivity index (χ1v) is 10.7. The molecule has 0 fully saturated rings. The van der Waals surface area contributed by atoms with Crippen molar-refractivity contribution in [3.05, 3.63) is 33.7 Å². The maximum Gasteiger partial charge on any atom is 0.256 e. The van der Waals surface area contributed by atoms with E-state index < -0.39 is 10.0 Å². The monoisotopic (exact) mass is 397 g/mol. The van der Waals surface area contributed by atoms with Crippen LogP contribution in [0.1, 0.15) is 46.1 Å². The van der Waals surface area contributed by atoms with Gasteiger partial charge in [0, 0.05) is 17.8 Å². The number of anilines is 1. The molecule has 140 valence electrons. The Labute approximate surface area is 156 Å². The number of hydrogen-bond donors (Lipinski definition) is 2. The first-order valence-electron chi connectivity index (χ1n) is 8.48. The van der Waals surface area contributed by atoms with Crippen molar-refractivity contribution in [2.24, 2.45) is 0 Å². The van der Waals surface area contributed by atoms with Crippen LogP contribution in [-0.2, 0) is 29.4 Å². The predicted molar refractivity (Wildman–Crippen MR) is 97.7 cm³/mol. The van der Waals surface area contributed by atoms with Crippen molar-refractivity contribution in [2.75, 3.05) is 18.5 Å².